The van der Waals surface area contributed by atoms with E-state index in [2.05, 4.69) is 53.5 Å². The van der Waals surface area contributed by atoms with E-state index < -0.39 is 11.6 Å². The summed E-state index contributed by atoms with van der Waals surface area (Å²) in [6.07, 6.45) is 2.45. The van der Waals surface area contributed by atoms with Crippen molar-refractivity contribution in [1.29, 1.82) is 0 Å². The number of hydrogen-bond acceptors (Lipinski definition) is 0. The molecule has 0 fully saturated rings. The molecular weight excluding hydrogens is 395 g/mol. The molecule has 0 saturated heterocycles. The molecule has 0 unspecified atom stereocenters. The van der Waals surface area contributed by atoms with E-state index in [4.69, 9.17) is 11.6 Å². The van der Waals surface area contributed by atoms with Gasteiger partial charge in [-0.25, -0.2) is 9.37 Å². The van der Waals surface area contributed by atoms with Gasteiger partial charge in [0.1, 0.15) is 0 Å². The number of rotatable bonds is 1. The SMILES string of the molecule is Fc1cc[nH+]c(-c2ccc(Cl)cc2)c1F.[F-].c1ccc2c(c1)Cc1ccccc1-2. The van der Waals surface area contributed by atoms with E-state index in [-0.39, 0.29) is 10.4 Å². The summed E-state index contributed by atoms with van der Waals surface area (Å²) >= 11 is 5.69. The molecule has 3 aromatic carbocycles. The smallest absolute Gasteiger partial charge is 0.249 e. The average molecular weight is 412 g/mol. The molecule has 0 spiro atoms. The number of hydrogen-bond donors (Lipinski definition) is 0. The summed E-state index contributed by atoms with van der Waals surface area (Å²) in [5, 5.41) is 0.551. The number of nitrogens with one attached hydrogen (secondary N) is 1. The lowest BCUT2D eigenvalue weighted by Crippen LogP contribution is -3.00. The number of pyridine rings is 1. The number of halogens is 4. The van der Waals surface area contributed by atoms with Crippen LogP contribution in [0, 0.1) is 11.6 Å². The Morgan fingerprint density at radius 3 is 1.86 bits per heavy atom. The molecule has 146 valence electrons. The van der Waals surface area contributed by atoms with Crippen LogP contribution in [0.3, 0.4) is 0 Å². The van der Waals surface area contributed by atoms with Crippen LogP contribution in [0.2, 0.25) is 5.02 Å². The van der Waals surface area contributed by atoms with Crippen molar-refractivity contribution in [2.45, 2.75) is 6.42 Å². The van der Waals surface area contributed by atoms with Gasteiger partial charge in [0, 0.05) is 16.7 Å². The van der Waals surface area contributed by atoms with Crippen LogP contribution in [-0.4, -0.2) is 0 Å². The molecule has 1 N–H and O–H groups in total. The third-order valence-electron chi connectivity index (χ3n) is 4.73. The van der Waals surface area contributed by atoms with Crippen molar-refractivity contribution in [1.82, 2.24) is 0 Å². The Bertz CT molecular complexity index is 1080. The second kappa shape index (κ2) is 8.93. The fourth-order valence-electron chi connectivity index (χ4n) is 3.36. The monoisotopic (exact) mass is 411 g/mol. The van der Waals surface area contributed by atoms with Crippen LogP contribution >= 0.6 is 11.6 Å². The Morgan fingerprint density at radius 2 is 1.28 bits per heavy atom. The molecule has 0 amide bonds. The van der Waals surface area contributed by atoms with Gasteiger partial charge in [-0.05, 0) is 52.9 Å². The molecule has 1 aliphatic rings. The molecule has 0 radical (unpaired) electrons. The minimum Gasteiger partial charge on any atom is -1.00 e. The highest BCUT2D eigenvalue weighted by molar-refractivity contribution is 6.30. The lowest BCUT2D eigenvalue weighted by molar-refractivity contribution is -0.367. The number of aromatic nitrogens is 1. The molecule has 1 nitrogen and oxygen atoms in total. The second-order valence-electron chi connectivity index (χ2n) is 6.51. The molecule has 0 saturated carbocycles. The first-order chi connectivity index (χ1) is 13.6. The molecule has 5 heteroatoms. The zero-order valence-electron chi connectivity index (χ0n) is 15.3. The minimum absolute atomic E-state index is 0. The normalized spacial score (nSPS) is 10.9. The molecule has 4 aromatic rings. The van der Waals surface area contributed by atoms with Gasteiger partial charge in [0.25, 0.3) is 0 Å². The van der Waals surface area contributed by atoms with Gasteiger partial charge in [-0.2, -0.15) is 4.39 Å². The Morgan fingerprint density at radius 1 is 0.724 bits per heavy atom. The van der Waals surface area contributed by atoms with Crippen LogP contribution in [0.4, 0.5) is 8.78 Å². The molecule has 5 rings (SSSR count). The zero-order valence-corrected chi connectivity index (χ0v) is 16.1. The maximum absolute atomic E-state index is 13.3. The maximum Gasteiger partial charge on any atom is 0.249 e. The first-order valence-electron chi connectivity index (χ1n) is 8.91. The zero-order chi connectivity index (χ0) is 19.5. The van der Waals surface area contributed by atoms with E-state index >= 15 is 0 Å². The summed E-state index contributed by atoms with van der Waals surface area (Å²) in [5.41, 5.74) is 6.42. The molecule has 0 aliphatic heterocycles. The molecule has 0 atom stereocenters. The number of aromatic amines is 1. The fourth-order valence-corrected chi connectivity index (χ4v) is 3.49. The standard InChI is InChI=1S/C13H10.C11H6ClF2N.FH/c1-3-7-12-10(5-1)9-11-6-2-4-8-13(11)12;12-8-3-1-7(2-4-8)11-10(14)9(13)5-6-15-11;/h1-8H,9H2;1-6H;1H. The van der Waals surface area contributed by atoms with E-state index in [1.54, 1.807) is 24.3 Å². The van der Waals surface area contributed by atoms with Gasteiger partial charge < -0.3 is 4.70 Å². The molecule has 1 aromatic heterocycles. The lowest BCUT2D eigenvalue weighted by atomic mass is 10.1. The predicted molar refractivity (Wildman–Crippen MR) is 108 cm³/mol. The molecule has 1 aliphatic carbocycles. The summed E-state index contributed by atoms with van der Waals surface area (Å²) in [7, 11) is 0. The van der Waals surface area contributed by atoms with Crippen LogP contribution in [-0.2, 0) is 6.42 Å². The molecular formula is C24H17ClF3N. The lowest BCUT2D eigenvalue weighted by Gasteiger charge is -1.98. The summed E-state index contributed by atoms with van der Waals surface area (Å²) in [4.78, 5) is 2.66. The average Bonchev–Trinajstić information content (AvgIpc) is 3.10. The fraction of sp³-hybridized carbons (Fsp3) is 0.0417. The Labute approximate surface area is 172 Å². The largest absolute Gasteiger partial charge is 1.00 e. The highest BCUT2D eigenvalue weighted by Gasteiger charge is 2.17. The van der Waals surface area contributed by atoms with Crippen LogP contribution < -0.4 is 9.69 Å². The molecule has 29 heavy (non-hydrogen) atoms. The minimum atomic E-state index is -0.889. The summed E-state index contributed by atoms with van der Waals surface area (Å²) in [6.45, 7) is 0. The van der Waals surface area contributed by atoms with Crippen molar-refractivity contribution in [2.24, 2.45) is 0 Å². The maximum atomic E-state index is 13.3. The van der Waals surface area contributed by atoms with E-state index in [1.165, 1.54) is 28.5 Å². The quantitative estimate of drug-likeness (QED) is 0.401. The van der Waals surface area contributed by atoms with E-state index in [9.17, 15) is 8.78 Å². The van der Waals surface area contributed by atoms with Crippen molar-refractivity contribution in [3.63, 3.8) is 0 Å². The van der Waals surface area contributed by atoms with Gasteiger partial charge >= 0.3 is 0 Å². The highest BCUT2D eigenvalue weighted by atomic mass is 35.5. The van der Waals surface area contributed by atoms with Crippen molar-refractivity contribution in [2.75, 3.05) is 0 Å². The van der Waals surface area contributed by atoms with Crippen LogP contribution in [0.15, 0.2) is 85.1 Å². The number of fused-ring (bicyclic) bond motifs is 3. The van der Waals surface area contributed by atoms with Gasteiger partial charge in [-0.3, -0.25) is 0 Å². The van der Waals surface area contributed by atoms with Crippen LogP contribution in [0.25, 0.3) is 22.4 Å². The second-order valence-corrected chi connectivity index (χ2v) is 6.95. The van der Waals surface area contributed by atoms with Gasteiger partial charge in [0.15, 0.2) is 12.0 Å². The third kappa shape index (κ3) is 4.33. The first-order valence-corrected chi connectivity index (χ1v) is 9.29. The van der Waals surface area contributed by atoms with E-state index in [0.717, 1.165) is 12.5 Å². The highest BCUT2D eigenvalue weighted by Crippen LogP contribution is 2.35. The Kier molecular flexibility index (Phi) is 6.35. The Balaban J connectivity index is 0.000000161. The van der Waals surface area contributed by atoms with Gasteiger partial charge in [0.2, 0.25) is 11.5 Å². The van der Waals surface area contributed by atoms with Crippen LogP contribution in [0.1, 0.15) is 11.1 Å². The molecule has 1 heterocycles. The van der Waals surface area contributed by atoms with E-state index in [1.807, 2.05) is 0 Å². The van der Waals surface area contributed by atoms with Gasteiger partial charge in [-0.1, -0.05) is 60.1 Å². The molecule has 0 bridgehead atoms. The first kappa shape index (κ1) is 20.6. The van der Waals surface area contributed by atoms with Crippen molar-refractivity contribution >= 4 is 11.6 Å². The van der Waals surface area contributed by atoms with Crippen molar-refractivity contribution in [3.05, 3.63) is 113 Å². The summed E-state index contributed by atoms with van der Waals surface area (Å²) < 4.78 is 26.3. The third-order valence-corrected chi connectivity index (χ3v) is 4.98. The van der Waals surface area contributed by atoms with Gasteiger partial charge in [0.05, 0.1) is 0 Å². The summed E-state index contributed by atoms with van der Waals surface area (Å²) in [6, 6.07) is 24.8. The van der Waals surface area contributed by atoms with Crippen molar-refractivity contribution in [3.8, 4) is 22.4 Å². The van der Waals surface area contributed by atoms with Crippen molar-refractivity contribution < 1.29 is 18.5 Å². The predicted octanol–water partition coefficient (Wildman–Crippen LogP) is 3.36. The van der Waals surface area contributed by atoms with Crippen LogP contribution in [0.5, 0.6) is 0 Å². The number of benzene rings is 3. The topological polar surface area (TPSA) is 14.1 Å². The summed E-state index contributed by atoms with van der Waals surface area (Å²) in [5.74, 6) is -1.77. The number of H-pyrrole nitrogens is 1. The van der Waals surface area contributed by atoms with E-state index in [0.29, 0.717) is 10.6 Å². The van der Waals surface area contributed by atoms with Gasteiger partial charge in [-0.15, -0.1) is 0 Å². The Hall–Kier alpha value is -3.11.